The van der Waals surface area contributed by atoms with E-state index in [-0.39, 0.29) is 17.9 Å². The maximum absolute atomic E-state index is 13.7. The van der Waals surface area contributed by atoms with Crippen molar-refractivity contribution in [2.45, 2.75) is 64.5 Å². The molecule has 1 aliphatic heterocycles. The Hall–Kier alpha value is -2.84. The topological polar surface area (TPSA) is 37.7 Å². The van der Waals surface area contributed by atoms with Gasteiger partial charge in [0, 0.05) is 37.3 Å². The molecule has 5 rings (SSSR count). The quantitative estimate of drug-likeness (QED) is 0.398. The maximum Gasteiger partial charge on any atom is 0.573 e. The van der Waals surface area contributed by atoms with Crippen LogP contribution in [0.15, 0.2) is 47.3 Å². The highest BCUT2D eigenvalue weighted by Crippen LogP contribution is 2.29. The Morgan fingerprint density at radius 1 is 0.892 bits per heavy atom. The molecule has 2 aliphatic rings. The molecule has 0 radical (unpaired) electrons. The summed E-state index contributed by atoms with van der Waals surface area (Å²) in [6, 6.07) is 12.6. The van der Waals surface area contributed by atoms with E-state index in [4.69, 9.17) is 0 Å². The van der Waals surface area contributed by atoms with E-state index in [9.17, 15) is 18.0 Å². The number of benzene rings is 2. The van der Waals surface area contributed by atoms with Crippen LogP contribution in [-0.2, 0) is 32.5 Å². The van der Waals surface area contributed by atoms with Crippen molar-refractivity contribution in [2.75, 3.05) is 26.7 Å². The van der Waals surface area contributed by atoms with Gasteiger partial charge in [-0.05, 0) is 93.0 Å². The maximum atomic E-state index is 13.7. The number of hydrogen-bond acceptors (Lipinski definition) is 4. The molecule has 0 spiro atoms. The van der Waals surface area contributed by atoms with Crippen LogP contribution in [0.1, 0.15) is 47.9 Å². The highest BCUT2D eigenvalue weighted by Gasteiger charge is 2.32. The minimum atomic E-state index is -4.75. The van der Waals surface area contributed by atoms with Crippen LogP contribution < -0.4 is 10.3 Å². The van der Waals surface area contributed by atoms with E-state index >= 15 is 0 Å². The molecule has 5 nitrogen and oxygen atoms in total. The van der Waals surface area contributed by atoms with E-state index in [0.717, 1.165) is 49.8 Å². The number of piperidine rings is 1. The number of hydrogen-bond donors (Lipinski definition) is 0. The first kappa shape index (κ1) is 25.8. The Morgan fingerprint density at radius 3 is 2.35 bits per heavy atom. The number of ether oxygens (including phenoxy) is 1. The number of alkyl halides is 3. The Labute approximate surface area is 215 Å². The molecule has 0 amide bonds. The first-order valence-electron chi connectivity index (χ1n) is 13.2. The van der Waals surface area contributed by atoms with Crippen LogP contribution in [0.5, 0.6) is 5.75 Å². The van der Waals surface area contributed by atoms with Crippen molar-refractivity contribution < 1.29 is 17.9 Å². The summed E-state index contributed by atoms with van der Waals surface area (Å²) in [4.78, 5) is 18.0. The molecule has 0 N–H and O–H groups in total. The predicted molar refractivity (Wildman–Crippen MR) is 139 cm³/mol. The van der Waals surface area contributed by atoms with Gasteiger partial charge in [-0.3, -0.25) is 9.69 Å². The zero-order chi connectivity index (χ0) is 26.0. The van der Waals surface area contributed by atoms with Gasteiger partial charge in [0.2, 0.25) is 0 Å². The third-order valence-electron chi connectivity index (χ3n) is 7.55. The van der Waals surface area contributed by atoms with Gasteiger partial charge in [0.15, 0.2) is 0 Å². The minimum absolute atomic E-state index is 0.0193. The van der Waals surface area contributed by atoms with Gasteiger partial charge in [-0.1, -0.05) is 24.6 Å². The van der Waals surface area contributed by atoms with Crippen molar-refractivity contribution in [2.24, 2.45) is 0 Å². The summed E-state index contributed by atoms with van der Waals surface area (Å²) in [6.45, 7) is 4.17. The van der Waals surface area contributed by atoms with Crippen molar-refractivity contribution in [3.05, 3.63) is 75.1 Å². The van der Waals surface area contributed by atoms with Gasteiger partial charge in [0.1, 0.15) is 5.75 Å². The largest absolute Gasteiger partial charge is 0.573 e. The van der Waals surface area contributed by atoms with Crippen LogP contribution >= 0.6 is 0 Å². The van der Waals surface area contributed by atoms with Crippen LogP contribution in [0.25, 0.3) is 10.9 Å². The molecule has 0 saturated carbocycles. The predicted octanol–water partition coefficient (Wildman–Crippen LogP) is 5.51. The molecular formula is C29H34F3N3O2. The first-order valence-corrected chi connectivity index (χ1v) is 13.2. The monoisotopic (exact) mass is 513 g/mol. The second-order valence-corrected chi connectivity index (χ2v) is 10.4. The van der Waals surface area contributed by atoms with Gasteiger partial charge < -0.3 is 14.2 Å². The SMILES string of the molecule is CN(Cc1ccccc1OC(F)(F)F)Cc1cc2cc3c(cc2n(CCN2CCCCC2)c1=O)CCC3. The Bertz CT molecular complexity index is 1310. The highest BCUT2D eigenvalue weighted by molar-refractivity contribution is 5.82. The van der Waals surface area contributed by atoms with E-state index < -0.39 is 6.36 Å². The molecule has 8 heteroatoms. The number of aromatic nitrogens is 1. The van der Waals surface area contributed by atoms with E-state index in [1.807, 2.05) is 22.6 Å². The Morgan fingerprint density at radius 2 is 1.59 bits per heavy atom. The van der Waals surface area contributed by atoms with Crippen molar-refractivity contribution in [3.8, 4) is 5.75 Å². The lowest BCUT2D eigenvalue weighted by Crippen LogP contribution is -2.36. The normalized spacial score (nSPS) is 16.5. The number of para-hydroxylation sites is 1. The van der Waals surface area contributed by atoms with Crippen LogP contribution in [0, 0.1) is 0 Å². The molecule has 1 fully saturated rings. The minimum Gasteiger partial charge on any atom is -0.405 e. The van der Waals surface area contributed by atoms with Crippen LogP contribution in [0.4, 0.5) is 13.2 Å². The smallest absolute Gasteiger partial charge is 0.405 e. The lowest BCUT2D eigenvalue weighted by Gasteiger charge is -2.27. The van der Waals surface area contributed by atoms with Gasteiger partial charge in [-0.25, -0.2) is 0 Å². The Balaban J connectivity index is 1.42. The highest BCUT2D eigenvalue weighted by atomic mass is 19.4. The number of aryl methyl sites for hydroxylation is 2. The van der Waals surface area contributed by atoms with Crippen LogP contribution in [0.3, 0.4) is 0 Å². The Kier molecular flexibility index (Phi) is 7.58. The summed E-state index contributed by atoms with van der Waals surface area (Å²) < 4.78 is 44.8. The average Bonchev–Trinajstić information content (AvgIpc) is 3.31. The lowest BCUT2D eigenvalue weighted by atomic mass is 10.0. The zero-order valence-electron chi connectivity index (χ0n) is 21.3. The van der Waals surface area contributed by atoms with Crippen molar-refractivity contribution in [1.82, 2.24) is 14.4 Å². The van der Waals surface area contributed by atoms with Crippen LogP contribution in [0.2, 0.25) is 0 Å². The number of nitrogens with zero attached hydrogens (tertiary/aromatic N) is 3. The molecule has 37 heavy (non-hydrogen) atoms. The number of fused-ring (bicyclic) bond motifs is 2. The van der Waals surface area contributed by atoms with Crippen molar-refractivity contribution in [1.29, 1.82) is 0 Å². The summed E-state index contributed by atoms with van der Waals surface area (Å²) in [7, 11) is 1.81. The molecule has 198 valence electrons. The van der Waals surface area contributed by atoms with Gasteiger partial charge in [-0.2, -0.15) is 0 Å². The number of likely N-dealkylation sites (tertiary alicyclic amines) is 1. The number of halogens is 3. The van der Waals surface area contributed by atoms with Crippen molar-refractivity contribution >= 4 is 10.9 Å². The molecule has 1 aliphatic carbocycles. The molecule has 1 aromatic heterocycles. The molecule has 1 saturated heterocycles. The van der Waals surface area contributed by atoms with E-state index in [0.29, 0.717) is 24.2 Å². The fourth-order valence-electron chi connectivity index (χ4n) is 5.77. The summed E-state index contributed by atoms with van der Waals surface area (Å²) >= 11 is 0. The molecule has 0 bridgehead atoms. The summed E-state index contributed by atoms with van der Waals surface area (Å²) in [5.41, 5.74) is 4.73. The fourth-order valence-corrected chi connectivity index (χ4v) is 5.77. The summed E-state index contributed by atoms with van der Waals surface area (Å²) in [5.74, 6) is -0.213. The standard InChI is InChI=1S/C29H34F3N3O2/c1-33(19-23-8-3-4-11-27(23)37-29(30,31)32)20-25-17-24-16-21-9-7-10-22(21)18-26(24)35(28(25)36)15-14-34-12-5-2-6-13-34/h3-4,8,11,16-18H,2,5-7,9-10,12-15,19-20H2,1H3. The fraction of sp³-hybridized carbons (Fsp3) is 0.483. The summed E-state index contributed by atoms with van der Waals surface area (Å²) in [6.07, 6.45) is 2.17. The average molecular weight is 514 g/mol. The number of rotatable bonds is 8. The van der Waals surface area contributed by atoms with Gasteiger partial charge in [0.05, 0.1) is 5.52 Å². The summed E-state index contributed by atoms with van der Waals surface area (Å²) in [5, 5.41) is 1.06. The van der Waals surface area contributed by atoms with Gasteiger partial charge >= 0.3 is 6.36 Å². The zero-order valence-corrected chi connectivity index (χ0v) is 21.3. The number of pyridine rings is 1. The lowest BCUT2D eigenvalue weighted by molar-refractivity contribution is -0.275. The molecule has 2 heterocycles. The van der Waals surface area contributed by atoms with Crippen LogP contribution in [-0.4, -0.2) is 47.4 Å². The second kappa shape index (κ2) is 10.9. The molecular weight excluding hydrogens is 479 g/mol. The van der Waals surface area contributed by atoms with Gasteiger partial charge in [-0.15, -0.1) is 13.2 Å². The molecule has 2 aromatic carbocycles. The van der Waals surface area contributed by atoms with Crippen molar-refractivity contribution in [3.63, 3.8) is 0 Å². The second-order valence-electron chi connectivity index (χ2n) is 10.4. The molecule has 3 aromatic rings. The first-order chi connectivity index (χ1) is 17.8. The van der Waals surface area contributed by atoms with E-state index in [1.54, 1.807) is 12.1 Å². The third kappa shape index (κ3) is 6.18. The molecule has 0 unspecified atom stereocenters. The van der Waals surface area contributed by atoms with Gasteiger partial charge in [0.25, 0.3) is 5.56 Å². The third-order valence-corrected chi connectivity index (χ3v) is 7.55. The molecule has 0 atom stereocenters. The van der Waals surface area contributed by atoms with E-state index in [1.165, 1.54) is 42.5 Å². The van der Waals surface area contributed by atoms with E-state index in [2.05, 4.69) is 21.8 Å².